The third-order valence-corrected chi connectivity index (χ3v) is 12.8. The average Bonchev–Trinajstić information content (AvgIpc) is 2.99. The summed E-state index contributed by atoms with van der Waals surface area (Å²) in [5, 5.41) is 30.8. The molecule has 2 aliphatic heterocycles. The molecule has 4 rings (SSSR count). The van der Waals surface area contributed by atoms with Gasteiger partial charge in [0.1, 0.15) is 18.6 Å². The van der Waals surface area contributed by atoms with Crippen molar-refractivity contribution in [2.24, 2.45) is 5.73 Å². The molecule has 16 heteroatoms. The number of nitrogens with zero attached hydrogens (tertiary/aromatic N) is 2. The van der Waals surface area contributed by atoms with E-state index < -0.39 is 46.0 Å². The minimum Gasteiger partial charge on any atom is -0.480 e. The zero-order valence-electron chi connectivity index (χ0n) is 24.6. The number of thioether (sulfide) groups is 2. The number of carboxylic acid groups (broad SMARTS) is 2. The third-order valence-electron chi connectivity index (χ3n) is 7.64. The van der Waals surface area contributed by atoms with E-state index in [0.29, 0.717) is 58.5 Å². The first-order chi connectivity index (χ1) is 21.3. The molecule has 2 amide bonds. The first-order valence-electron chi connectivity index (χ1n) is 14.1. The molecule has 6 N–H and O–H groups in total. The molecule has 0 radical (unpaired) electrons. The molecule has 1 aromatic carbocycles. The summed E-state index contributed by atoms with van der Waals surface area (Å²) in [7, 11) is -1.41. The summed E-state index contributed by atoms with van der Waals surface area (Å²) in [6.45, 7) is 4.31. The summed E-state index contributed by atoms with van der Waals surface area (Å²) < 4.78 is 3.50. The van der Waals surface area contributed by atoms with Crippen molar-refractivity contribution in [1.82, 2.24) is 9.62 Å². The predicted octanol–water partition coefficient (Wildman–Crippen LogP) is 3.99. The number of nitrogens with two attached hydrogens (primary N) is 1. The van der Waals surface area contributed by atoms with Crippen LogP contribution in [0.5, 0.6) is 0 Å². The smallest absolute Gasteiger partial charge is 0.378 e. The summed E-state index contributed by atoms with van der Waals surface area (Å²) in [5.74, 6) is -1.38. The molecule has 4 atom stereocenters. The predicted molar refractivity (Wildman–Crippen MR) is 177 cm³/mol. The second-order valence-electron chi connectivity index (χ2n) is 10.7. The number of hydrogen-bond acceptors (Lipinski definition) is 8. The van der Waals surface area contributed by atoms with Crippen LogP contribution in [0.15, 0.2) is 34.1 Å². The number of aromatic nitrogens is 1. The van der Waals surface area contributed by atoms with Gasteiger partial charge in [-0.1, -0.05) is 23.2 Å². The van der Waals surface area contributed by atoms with Crippen molar-refractivity contribution in [2.75, 3.05) is 11.5 Å². The molecule has 11 nitrogen and oxygen atoms in total. The van der Waals surface area contributed by atoms with Gasteiger partial charge >= 0.3 is 11.3 Å². The number of nitrogens with one attached hydrogen (secondary N) is 1. The molecule has 1 unspecified atom stereocenters. The number of aryl methyl sites for hydroxylation is 2. The molecule has 0 aliphatic carbocycles. The van der Waals surface area contributed by atoms with Crippen LogP contribution in [0.2, 0.25) is 10.0 Å². The second-order valence-corrected chi connectivity index (χ2v) is 15.5. The zero-order chi connectivity index (χ0) is 33.0. The lowest BCUT2D eigenvalue weighted by Gasteiger charge is -2.50. The number of carbonyl (C=O) groups is 4. The van der Waals surface area contributed by atoms with Gasteiger partial charge in [-0.05, 0) is 41.8 Å². The summed E-state index contributed by atoms with van der Waals surface area (Å²) in [4.78, 5) is 51.5. The van der Waals surface area contributed by atoms with E-state index in [1.54, 1.807) is 12.1 Å². The second kappa shape index (κ2) is 15.5. The number of pyridine rings is 1. The van der Waals surface area contributed by atoms with Gasteiger partial charge in [0.25, 0.3) is 5.91 Å². The number of rotatable bonds is 13. The highest BCUT2D eigenvalue weighted by Gasteiger charge is 2.53. The minimum atomic E-state index is -1.41. The van der Waals surface area contributed by atoms with Crippen LogP contribution in [0.3, 0.4) is 0 Å². The van der Waals surface area contributed by atoms with Crippen LogP contribution < -0.4 is 15.6 Å². The van der Waals surface area contributed by atoms with Gasteiger partial charge in [-0.3, -0.25) is 18.7 Å². The first kappa shape index (κ1) is 35.5. The lowest BCUT2D eigenvalue weighted by molar-refractivity contribution is -0.709. The van der Waals surface area contributed by atoms with E-state index in [0.717, 1.165) is 32.9 Å². The first-order valence-corrected chi connectivity index (χ1v) is 18.0. The number of amides is 2. The Balaban J connectivity index is 1.36. The Morgan fingerprint density at radius 2 is 1.82 bits per heavy atom. The number of benzene rings is 1. The summed E-state index contributed by atoms with van der Waals surface area (Å²) in [5.41, 5.74) is 8.09. The van der Waals surface area contributed by atoms with Crippen LogP contribution in [0.25, 0.3) is 0 Å². The van der Waals surface area contributed by atoms with Crippen molar-refractivity contribution in [3.63, 3.8) is 0 Å². The molecule has 2 aliphatic rings. The molecule has 244 valence electrons. The van der Waals surface area contributed by atoms with E-state index in [4.69, 9.17) is 34.0 Å². The largest absolute Gasteiger partial charge is 0.480 e. The Kier molecular flexibility index (Phi) is 12.2. The maximum absolute atomic E-state index is 13.1. The Hall–Kier alpha value is -2.33. The highest BCUT2D eigenvalue weighted by molar-refractivity contribution is 8.27. The molecular formula is C29H35Cl2N4O7S3+. The van der Waals surface area contributed by atoms with Crippen molar-refractivity contribution < 1.29 is 39.1 Å². The maximum Gasteiger partial charge on any atom is 0.378 e. The van der Waals surface area contributed by atoms with Crippen LogP contribution in [-0.2, 0) is 27.5 Å². The maximum atomic E-state index is 13.1. The molecule has 0 bridgehead atoms. The number of fused-ring (bicyclic) bond motifs is 1. The van der Waals surface area contributed by atoms with Crippen LogP contribution in [-0.4, -0.2) is 77.2 Å². The Morgan fingerprint density at radius 1 is 1.13 bits per heavy atom. The molecule has 2 aromatic rings. The van der Waals surface area contributed by atoms with Gasteiger partial charge in [0.2, 0.25) is 5.91 Å². The normalized spacial score (nSPS) is 20.0. The molecule has 1 aromatic heterocycles. The Labute approximate surface area is 281 Å². The fraction of sp³-hybridized carbons (Fsp3) is 0.448. The van der Waals surface area contributed by atoms with E-state index in [1.807, 2.05) is 26.0 Å². The summed E-state index contributed by atoms with van der Waals surface area (Å²) in [6.07, 6.45) is 2.07. The van der Waals surface area contributed by atoms with Crippen LogP contribution in [0.4, 0.5) is 4.79 Å². The van der Waals surface area contributed by atoms with Crippen molar-refractivity contribution in [1.29, 1.82) is 0 Å². The standard InChI is InChI=1S/C29H34Cl2N4O7S3/c1-15-8-18(9-16(2)34(15)7-3-4-22(32)28(39)40)43-13-19-5-6-23-26(27(38)35(23)45(19)29(41)42)33-25(37)14-44-24-11-20(30)17(12-36)10-21(24)31/h8-11,22-23,26,36H,3-7,12-14,32H2,1-2H3,(H2-,33,37,39,40,41,42)/p+1/t22-,23+,26+,45?/m0/s1. The molecule has 3 heterocycles. The van der Waals surface area contributed by atoms with Gasteiger partial charge in [-0.2, -0.15) is 0 Å². The topological polar surface area (TPSA) is 174 Å². The van der Waals surface area contributed by atoms with Crippen molar-refractivity contribution >= 4 is 85.3 Å². The number of aliphatic hydroxyl groups excluding tert-OH is 1. The Bertz CT molecular complexity index is 1530. The van der Waals surface area contributed by atoms with Gasteiger partial charge in [-0.15, -0.1) is 23.5 Å². The number of aliphatic hydroxyl groups is 1. The van der Waals surface area contributed by atoms with Gasteiger partial charge in [0.15, 0.2) is 11.4 Å². The lowest BCUT2D eigenvalue weighted by atomic mass is 9.93. The molecule has 0 spiro atoms. The third kappa shape index (κ3) is 8.34. The van der Waals surface area contributed by atoms with E-state index in [-0.39, 0.29) is 18.3 Å². The Morgan fingerprint density at radius 3 is 2.44 bits per heavy atom. The summed E-state index contributed by atoms with van der Waals surface area (Å²) in [6, 6.07) is 5.09. The van der Waals surface area contributed by atoms with Crippen LogP contribution in [0.1, 0.15) is 42.6 Å². The van der Waals surface area contributed by atoms with Crippen molar-refractivity contribution in [2.45, 2.75) is 80.6 Å². The van der Waals surface area contributed by atoms with Crippen molar-refractivity contribution in [3.8, 4) is 0 Å². The van der Waals surface area contributed by atoms with E-state index in [9.17, 15) is 29.4 Å². The molecule has 1 saturated heterocycles. The highest BCUT2D eigenvalue weighted by atomic mass is 35.5. The number of aliphatic carboxylic acids is 1. The fourth-order valence-electron chi connectivity index (χ4n) is 5.31. The van der Waals surface area contributed by atoms with E-state index in [1.165, 1.54) is 16.1 Å². The van der Waals surface area contributed by atoms with Crippen molar-refractivity contribution in [3.05, 3.63) is 51.3 Å². The molecule has 0 saturated carbocycles. The van der Waals surface area contributed by atoms with Gasteiger partial charge in [-0.25, -0.2) is 9.36 Å². The zero-order valence-corrected chi connectivity index (χ0v) is 28.6. The number of halogens is 2. The number of hydrogen-bond donors (Lipinski definition) is 5. The molecular weight excluding hydrogens is 683 g/mol. The van der Waals surface area contributed by atoms with Crippen LogP contribution >= 0.6 is 57.4 Å². The van der Waals surface area contributed by atoms with Crippen LogP contribution in [0, 0.1) is 13.8 Å². The highest BCUT2D eigenvalue weighted by Crippen LogP contribution is 2.43. The quantitative estimate of drug-likeness (QED) is 0.0882. The SMILES string of the molecule is Cc1cc(SCC2=S(C(=O)O)N3C(=O)[C@H](NC(=O)CSc4cc(Cl)c(CO)cc4Cl)[C@H]3CC2)cc(C)[n+]1CCC[C@H](N)C(=O)O. The lowest BCUT2D eigenvalue weighted by Crippen LogP contribution is -2.70. The average molecular weight is 719 g/mol. The monoisotopic (exact) mass is 717 g/mol. The number of carboxylic acids is 1. The van der Waals surface area contributed by atoms with Gasteiger partial charge < -0.3 is 26.4 Å². The van der Waals surface area contributed by atoms with Gasteiger partial charge in [0, 0.05) is 63.6 Å². The molecule has 1 fully saturated rings. The number of carbonyl (C=O) groups excluding carboxylic acids is 2. The van der Waals surface area contributed by atoms with E-state index in [2.05, 4.69) is 9.88 Å². The van der Waals surface area contributed by atoms with E-state index >= 15 is 0 Å². The molecule has 45 heavy (non-hydrogen) atoms. The summed E-state index contributed by atoms with van der Waals surface area (Å²) >= 11 is 15.0. The minimum absolute atomic E-state index is 0.0184. The van der Waals surface area contributed by atoms with Gasteiger partial charge in [0.05, 0.1) is 23.4 Å². The number of β-lactam (4-membered cyclic amide) rings is 1. The fourth-order valence-corrected chi connectivity index (χ4v) is 10.1.